The van der Waals surface area contributed by atoms with Gasteiger partial charge in [-0.05, 0) is 42.1 Å². The lowest BCUT2D eigenvalue weighted by atomic mass is 10.0. The van der Waals surface area contributed by atoms with Gasteiger partial charge in [0.25, 0.3) is 0 Å². The quantitative estimate of drug-likeness (QED) is 0.760. The largest absolute Gasteiger partial charge is 0.323 e. The molecule has 0 aliphatic carbocycles. The molecule has 3 aromatic rings. The second-order valence-corrected chi connectivity index (χ2v) is 6.49. The molecule has 6 heteroatoms. The maximum atomic E-state index is 6.00. The van der Waals surface area contributed by atoms with Crippen molar-refractivity contribution in [2.75, 3.05) is 5.32 Å². The van der Waals surface area contributed by atoms with Gasteiger partial charge in [0.2, 0.25) is 5.95 Å². The number of nitrogens with zero attached hydrogens (tertiary/aromatic N) is 3. The molecular formula is C16H13ClN4S. The van der Waals surface area contributed by atoms with Crippen molar-refractivity contribution in [1.29, 1.82) is 0 Å². The maximum absolute atomic E-state index is 6.00. The molecule has 2 aromatic heterocycles. The first-order chi connectivity index (χ1) is 10.7. The lowest BCUT2D eigenvalue weighted by molar-refractivity contribution is 0.607. The van der Waals surface area contributed by atoms with Crippen LogP contribution in [0.1, 0.15) is 22.3 Å². The molecule has 0 unspecified atom stereocenters. The van der Waals surface area contributed by atoms with E-state index in [0.717, 1.165) is 28.1 Å². The Morgan fingerprint density at radius 3 is 2.77 bits per heavy atom. The van der Waals surface area contributed by atoms with Gasteiger partial charge in [0.15, 0.2) is 0 Å². The summed E-state index contributed by atoms with van der Waals surface area (Å²) in [7, 11) is 0. The molecule has 1 aliphatic heterocycles. The van der Waals surface area contributed by atoms with Crippen LogP contribution in [0.4, 0.5) is 5.95 Å². The number of hydrogen-bond acceptors (Lipinski definition) is 4. The molecule has 3 heterocycles. The zero-order chi connectivity index (χ0) is 15.1. The molecule has 0 radical (unpaired) electrons. The molecule has 0 spiro atoms. The van der Waals surface area contributed by atoms with E-state index in [-0.39, 0.29) is 6.04 Å². The number of benzene rings is 1. The van der Waals surface area contributed by atoms with Gasteiger partial charge < -0.3 is 5.32 Å². The molecule has 22 heavy (non-hydrogen) atoms. The van der Waals surface area contributed by atoms with Gasteiger partial charge >= 0.3 is 0 Å². The van der Waals surface area contributed by atoms with Crippen LogP contribution in [0.25, 0.3) is 5.70 Å². The standard InChI is InChI=1S/C16H13ClN4S/c1-10-18-16-19-13(15-3-2-8-22-15)9-14(21(16)20-10)11-4-6-12(17)7-5-11/h2-9,14H,1H3,(H,18,19,20)/t14-/m0/s1. The van der Waals surface area contributed by atoms with Crippen LogP contribution in [0, 0.1) is 6.92 Å². The van der Waals surface area contributed by atoms with E-state index in [2.05, 4.69) is 32.9 Å². The smallest absolute Gasteiger partial charge is 0.226 e. The van der Waals surface area contributed by atoms with Gasteiger partial charge in [-0.1, -0.05) is 29.8 Å². The third-order valence-corrected chi connectivity index (χ3v) is 4.72. The highest BCUT2D eigenvalue weighted by Crippen LogP contribution is 2.34. The van der Waals surface area contributed by atoms with Gasteiger partial charge in [0, 0.05) is 5.02 Å². The summed E-state index contributed by atoms with van der Waals surface area (Å²) >= 11 is 7.71. The molecule has 0 amide bonds. The molecule has 110 valence electrons. The molecule has 1 aliphatic rings. The minimum absolute atomic E-state index is 0.00631. The highest BCUT2D eigenvalue weighted by molar-refractivity contribution is 7.11. The van der Waals surface area contributed by atoms with Crippen LogP contribution in [0.2, 0.25) is 5.02 Å². The number of aryl methyl sites for hydroxylation is 1. The Hall–Kier alpha value is -2.11. The van der Waals surface area contributed by atoms with Gasteiger partial charge in [0.1, 0.15) is 11.9 Å². The number of anilines is 1. The Labute approximate surface area is 137 Å². The molecule has 4 nitrogen and oxygen atoms in total. The third kappa shape index (κ3) is 2.32. The van der Waals surface area contributed by atoms with Gasteiger partial charge in [0.05, 0.1) is 10.6 Å². The number of halogens is 1. The average Bonchev–Trinajstić information content (AvgIpc) is 3.15. The van der Waals surface area contributed by atoms with Gasteiger partial charge in [-0.2, -0.15) is 10.1 Å². The summed E-state index contributed by atoms with van der Waals surface area (Å²) in [6.07, 6.45) is 2.18. The monoisotopic (exact) mass is 328 g/mol. The molecule has 1 aromatic carbocycles. The molecule has 1 N–H and O–H groups in total. The maximum Gasteiger partial charge on any atom is 0.226 e. The highest BCUT2D eigenvalue weighted by atomic mass is 35.5. The Bertz CT molecular complexity index is 834. The fourth-order valence-electron chi connectivity index (χ4n) is 2.57. The lowest BCUT2D eigenvalue weighted by Crippen LogP contribution is -2.19. The molecule has 4 rings (SSSR count). The van der Waals surface area contributed by atoms with Crippen LogP contribution in [0.3, 0.4) is 0 Å². The Kier molecular flexibility index (Phi) is 3.24. The molecular weight excluding hydrogens is 316 g/mol. The van der Waals surface area contributed by atoms with Crippen molar-refractivity contribution in [3.63, 3.8) is 0 Å². The molecule has 0 fully saturated rings. The van der Waals surface area contributed by atoms with Crippen molar-refractivity contribution in [1.82, 2.24) is 14.8 Å². The summed E-state index contributed by atoms with van der Waals surface area (Å²) in [6.45, 7) is 1.90. The van der Waals surface area contributed by atoms with E-state index < -0.39 is 0 Å². The Balaban J connectivity index is 1.84. The number of rotatable bonds is 2. The summed E-state index contributed by atoms with van der Waals surface area (Å²) < 4.78 is 1.91. The van der Waals surface area contributed by atoms with Crippen LogP contribution < -0.4 is 5.32 Å². The molecule has 0 bridgehead atoms. The van der Waals surface area contributed by atoms with E-state index in [1.807, 2.05) is 41.9 Å². The lowest BCUT2D eigenvalue weighted by Gasteiger charge is -2.23. The number of nitrogens with one attached hydrogen (secondary N) is 1. The zero-order valence-corrected chi connectivity index (χ0v) is 13.4. The van der Waals surface area contributed by atoms with Crippen LogP contribution in [0.15, 0.2) is 47.9 Å². The molecule has 0 saturated heterocycles. The number of fused-ring (bicyclic) bond motifs is 1. The first-order valence-electron chi connectivity index (χ1n) is 6.92. The molecule has 0 saturated carbocycles. The third-order valence-electron chi connectivity index (χ3n) is 3.57. The van der Waals surface area contributed by atoms with E-state index in [0.29, 0.717) is 0 Å². The first kappa shape index (κ1) is 13.5. The van der Waals surface area contributed by atoms with Crippen molar-refractivity contribution in [2.24, 2.45) is 0 Å². The minimum atomic E-state index is 0.00631. The predicted molar refractivity (Wildman–Crippen MR) is 90.3 cm³/mol. The van der Waals surface area contributed by atoms with Crippen LogP contribution in [-0.4, -0.2) is 14.8 Å². The van der Waals surface area contributed by atoms with Crippen LogP contribution in [-0.2, 0) is 0 Å². The van der Waals surface area contributed by atoms with Crippen molar-refractivity contribution in [3.8, 4) is 0 Å². The fraction of sp³-hybridized carbons (Fsp3) is 0.125. The van der Waals surface area contributed by atoms with E-state index in [9.17, 15) is 0 Å². The summed E-state index contributed by atoms with van der Waals surface area (Å²) in [5.41, 5.74) is 2.20. The summed E-state index contributed by atoms with van der Waals surface area (Å²) in [6, 6.07) is 12.0. The number of hydrogen-bond donors (Lipinski definition) is 1. The summed E-state index contributed by atoms with van der Waals surface area (Å²) in [5, 5.41) is 10.7. The van der Waals surface area contributed by atoms with Crippen LogP contribution in [0.5, 0.6) is 0 Å². The Morgan fingerprint density at radius 2 is 2.05 bits per heavy atom. The van der Waals surface area contributed by atoms with Gasteiger partial charge in [-0.15, -0.1) is 11.3 Å². The summed E-state index contributed by atoms with van der Waals surface area (Å²) in [4.78, 5) is 5.67. The van der Waals surface area contributed by atoms with Crippen molar-refractivity contribution < 1.29 is 0 Å². The van der Waals surface area contributed by atoms with Crippen molar-refractivity contribution >= 4 is 34.6 Å². The van der Waals surface area contributed by atoms with Gasteiger partial charge in [-0.25, -0.2) is 4.68 Å². The second-order valence-electron chi connectivity index (χ2n) is 5.11. The van der Waals surface area contributed by atoms with Gasteiger partial charge in [-0.3, -0.25) is 0 Å². The number of allylic oxidation sites excluding steroid dienone is 1. The van der Waals surface area contributed by atoms with E-state index in [1.54, 1.807) is 11.3 Å². The second kappa shape index (κ2) is 5.26. The van der Waals surface area contributed by atoms with E-state index in [1.165, 1.54) is 4.88 Å². The number of aromatic nitrogens is 3. The van der Waals surface area contributed by atoms with Crippen LogP contribution >= 0.6 is 22.9 Å². The van der Waals surface area contributed by atoms with Crippen molar-refractivity contribution in [2.45, 2.75) is 13.0 Å². The summed E-state index contributed by atoms with van der Waals surface area (Å²) in [5.74, 6) is 1.52. The minimum Gasteiger partial charge on any atom is -0.323 e. The normalized spacial score (nSPS) is 16.8. The topological polar surface area (TPSA) is 42.7 Å². The number of thiophene rings is 1. The predicted octanol–water partition coefficient (Wildman–Crippen LogP) is 4.36. The highest BCUT2D eigenvalue weighted by Gasteiger charge is 2.24. The van der Waals surface area contributed by atoms with Crippen molar-refractivity contribution in [3.05, 3.63) is 69.1 Å². The SMILES string of the molecule is Cc1nc2n(n1)[C@H](c1ccc(Cl)cc1)C=C(c1cccs1)N2. The Morgan fingerprint density at radius 1 is 1.23 bits per heavy atom. The first-order valence-corrected chi connectivity index (χ1v) is 8.18. The van der Waals surface area contributed by atoms with E-state index >= 15 is 0 Å². The zero-order valence-electron chi connectivity index (χ0n) is 11.8. The molecule has 1 atom stereocenters. The average molecular weight is 329 g/mol. The fourth-order valence-corrected chi connectivity index (χ4v) is 3.41. The van der Waals surface area contributed by atoms with E-state index in [4.69, 9.17) is 11.6 Å².